The molecule has 2 aromatic rings. The molecule has 2 aliphatic rings. The van der Waals surface area contributed by atoms with Crippen LogP contribution in [0.4, 0.5) is 11.4 Å². The van der Waals surface area contributed by atoms with Crippen LogP contribution in [0.2, 0.25) is 0 Å². The molecule has 0 spiro atoms. The van der Waals surface area contributed by atoms with Gasteiger partial charge in [-0.15, -0.1) is 0 Å². The van der Waals surface area contributed by atoms with Gasteiger partial charge >= 0.3 is 0 Å². The van der Waals surface area contributed by atoms with Crippen LogP contribution in [0.1, 0.15) is 68.7 Å². The predicted molar refractivity (Wildman–Crippen MR) is 134 cm³/mol. The highest BCUT2D eigenvalue weighted by molar-refractivity contribution is 5.52. The molecule has 3 heteroatoms. The molecular weight excluding hydrogens is 378 g/mol. The van der Waals surface area contributed by atoms with Crippen LogP contribution in [0.3, 0.4) is 0 Å². The Labute approximate surface area is 188 Å². The van der Waals surface area contributed by atoms with Gasteiger partial charge in [0.1, 0.15) is 0 Å². The van der Waals surface area contributed by atoms with E-state index in [-0.39, 0.29) is 0 Å². The molecule has 3 nitrogen and oxygen atoms in total. The number of hydrogen-bond acceptors (Lipinski definition) is 3. The highest BCUT2D eigenvalue weighted by Crippen LogP contribution is 2.30. The number of nitrogens with one attached hydrogen (secondary N) is 1. The molecule has 1 aromatic heterocycles. The highest BCUT2D eigenvalue weighted by atomic mass is 15.1. The number of rotatable bonds is 5. The molecule has 0 unspecified atom stereocenters. The molecule has 1 saturated heterocycles. The minimum Gasteiger partial charge on any atom is -0.381 e. The summed E-state index contributed by atoms with van der Waals surface area (Å²) in [6.45, 7) is 13.2. The lowest BCUT2D eigenvalue weighted by Crippen LogP contribution is -2.35. The summed E-state index contributed by atoms with van der Waals surface area (Å²) >= 11 is 0. The molecule has 2 fully saturated rings. The van der Waals surface area contributed by atoms with Gasteiger partial charge in [-0.1, -0.05) is 12.7 Å². The largest absolute Gasteiger partial charge is 0.381 e. The van der Waals surface area contributed by atoms with Crippen LogP contribution in [0.5, 0.6) is 0 Å². The molecular formula is C28H39N3. The van der Waals surface area contributed by atoms with Gasteiger partial charge in [0, 0.05) is 31.0 Å². The number of aromatic nitrogens is 1. The first-order valence-corrected chi connectivity index (χ1v) is 12.3. The topological polar surface area (TPSA) is 28.2 Å². The fraction of sp³-hybridized carbons (Fsp3) is 0.536. The average molecular weight is 418 g/mol. The molecule has 1 N–H and O–H groups in total. The Morgan fingerprint density at radius 3 is 2.52 bits per heavy atom. The molecule has 2 heterocycles. The zero-order valence-electron chi connectivity index (χ0n) is 19.7. The van der Waals surface area contributed by atoms with Gasteiger partial charge in [0.25, 0.3) is 0 Å². The molecule has 1 saturated carbocycles. The molecule has 0 amide bonds. The second-order valence-electron chi connectivity index (χ2n) is 9.73. The summed E-state index contributed by atoms with van der Waals surface area (Å²) in [7, 11) is 0. The van der Waals surface area contributed by atoms with Crippen LogP contribution in [-0.4, -0.2) is 24.1 Å². The van der Waals surface area contributed by atoms with Gasteiger partial charge in [0.05, 0.1) is 11.4 Å². The molecule has 0 bridgehead atoms. The number of nitrogens with zero attached hydrogens (tertiary/aromatic N) is 2. The van der Waals surface area contributed by atoms with E-state index in [4.69, 9.17) is 0 Å². The van der Waals surface area contributed by atoms with Crippen molar-refractivity contribution in [2.75, 3.05) is 23.3 Å². The van der Waals surface area contributed by atoms with Gasteiger partial charge in [-0.3, -0.25) is 4.98 Å². The van der Waals surface area contributed by atoms with E-state index in [1.807, 2.05) is 6.20 Å². The summed E-state index contributed by atoms with van der Waals surface area (Å²) in [6, 6.07) is 7.59. The Hall–Kier alpha value is -2.29. The molecule has 0 atom stereocenters. The van der Waals surface area contributed by atoms with Crippen LogP contribution in [-0.2, 0) is 6.42 Å². The van der Waals surface area contributed by atoms with Crippen molar-refractivity contribution in [3.63, 3.8) is 0 Å². The van der Waals surface area contributed by atoms with Crippen molar-refractivity contribution in [2.45, 2.75) is 78.2 Å². The Kier molecular flexibility index (Phi) is 6.99. The van der Waals surface area contributed by atoms with Crippen molar-refractivity contribution in [1.29, 1.82) is 0 Å². The van der Waals surface area contributed by atoms with Crippen LogP contribution in [0, 0.1) is 19.8 Å². The van der Waals surface area contributed by atoms with E-state index in [0.29, 0.717) is 6.04 Å². The van der Waals surface area contributed by atoms with Gasteiger partial charge in [0.2, 0.25) is 0 Å². The van der Waals surface area contributed by atoms with Crippen LogP contribution < -0.4 is 20.7 Å². The number of aryl methyl sites for hydroxylation is 2. The van der Waals surface area contributed by atoms with E-state index in [1.54, 1.807) is 0 Å². The van der Waals surface area contributed by atoms with Gasteiger partial charge in [-0.05, 0) is 118 Å². The first-order valence-electron chi connectivity index (χ1n) is 12.3. The maximum absolute atomic E-state index is 4.51. The van der Waals surface area contributed by atoms with Crippen molar-refractivity contribution in [1.82, 2.24) is 4.98 Å². The van der Waals surface area contributed by atoms with Crippen molar-refractivity contribution >= 4 is 24.0 Å². The van der Waals surface area contributed by atoms with Crippen molar-refractivity contribution < 1.29 is 0 Å². The van der Waals surface area contributed by atoms with Gasteiger partial charge < -0.3 is 10.2 Å². The fourth-order valence-corrected chi connectivity index (χ4v) is 5.46. The lowest BCUT2D eigenvalue weighted by atomic mass is 9.81. The lowest BCUT2D eigenvalue weighted by Gasteiger charge is -2.31. The van der Waals surface area contributed by atoms with Crippen molar-refractivity contribution in [3.05, 3.63) is 51.7 Å². The SMILES string of the molecule is C=c1cc(N2CCCCC2)cc(CC2CCC(Nc3cc(C)cnc3C)CC2)/c1=C\C. The van der Waals surface area contributed by atoms with E-state index in [2.05, 4.69) is 66.8 Å². The molecule has 1 aromatic carbocycles. The van der Waals surface area contributed by atoms with E-state index in [1.165, 1.54) is 97.4 Å². The molecule has 166 valence electrons. The summed E-state index contributed by atoms with van der Waals surface area (Å²) in [5, 5.41) is 6.33. The number of benzene rings is 1. The second kappa shape index (κ2) is 9.89. The number of hydrogen-bond donors (Lipinski definition) is 1. The van der Waals surface area contributed by atoms with Gasteiger partial charge in [0.15, 0.2) is 0 Å². The van der Waals surface area contributed by atoms with Gasteiger partial charge in [-0.25, -0.2) is 0 Å². The number of piperidine rings is 1. The molecule has 31 heavy (non-hydrogen) atoms. The first kappa shape index (κ1) is 21.9. The van der Waals surface area contributed by atoms with Crippen LogP contribution >= 0.6 is 0 Å². The molecule has 1 aliphatic carbocycles. The monoisotopic (exact) mass is 417 g/mol. The highest BCUT2D eigenvalue weighted by Gasteiger charge is 2.23. The van der Waals surface area contributed by atoms with Gasteiger partial charge in [-0.2, -0.15) is 0 Å². The third kappa shape index (κ3) is 5.31. The summed E-state index contributed by atoms with van der Waals surface area (Å²) in [4.78, 5) is 7.08. The number of pyridine rings is 1. The Morgan fingerprint density at radius 2 is 1.81 bits per heavy atom. The predicted octanol–water partition coefficient (Wildman–Crippen LogP) is 5.11. The Bertz CT molecular complexity index is 996. The lowest BCUT2D eigenvalue weighted by molar-refractivity contribution is 0.336. The summed E-state index contributed by atoms with van der Waals surface area (Å²) in [5.41, 5.74) is 6.44. The minimum atomic E-state index is 0.568. The summed E-state index contributed by atoms with van der Waals surface area (Å²) in [5.74, 6) is 0.768. The Morgan fingerprint density at radius 1 is 1.06 bits per heavy atom. The second-order valence-corrected chi connectivity index (χ2v) is 9.73. The third-order valence-electron chi connectivity index (χ3n) is 7.28. The number of anilines is 2. The third-order valence-corrected chi connectivity index (χ3v) is 7.28. The average Bonchev–Trinajstić information content (AvgIpc) is 2.78. The zero-order chi connectivity index (χ0) is 21.8. The molecule has 1 aliphatic heterocycles. The van der Waals surface area contributed by atoms with Crippen molar-refractivity contribution in [3.8, 4) is 0 Å². The maximum Gasteiger partial charge on any atom is 0.0603 e. The molecule has 0 radical (unpaired) electrons. The van der Waals surface area contributed by atoms with E-state index < -0.39 is 0 Å². The fourth-order valence-electron chi connectivity index (χ4n) is 5.46. The quantitative estimate of drug-likeness (QED) is 0.732. The zero-order valence-corrected chi connectivity index (χ0v) is 19.7. The summed E-state index contributed by atoms with van der Waals surface area (Å²) < 4.78 is 0. The first-order chi connectivity index (χ1) is 15.0. The van der Waals surface area contributed by atoms with E-state index >= 15 is 0 Å². The van der Waals surface area contributed by atoms with Crippen LogP contribution in [0.25, 0.3) is 12.7 Å². The maximum atomic E-state index is 4.51. The van der Waals surface area contributed by atoms with E-state index in [9.17, 15) is 0 Å². The Balaban J connectivity index is 1.42. The molecule has 4 rings (SSSR count). The van der Waals surface area contributed by atoms with E-state index in [0.717, 1.165) is 11.6 Å². The standard InChI is InChI=1S/C28H39N3/c1-5-27-21(3)16-26(31-13-7-6-8-14-31)18-24(27)17-23-9-11-25(12-10-23)30-28-15-20(2)19-29-22(28)4/h5,15-16,18-19,23,25,30H,3,6-14,17H2,1-2,4H3/b27-5-. The van der Waals surface area contributed by atoms with Crippen molar-refractivity contribution in [2.24, 2.45) is 5.92 Å². The summed E-state index contributed by atoms with van der Waals surface area (Å²) in [6.07, 6.45) is 14.5. The minimum absolute atomic E-state index is 0.568. The smallest absolute Gasteiger partial charge is 0.0603 e. The normalized spacial score (nSPS) is 22.5. The van der Waals surface area contributed by atoms with Crippen LogP contribution in [0.15, 0.2) is 24.4 Å².